The van der Waals surface area contributed by atoms with Crippen molar-refractivity contribution in [2.75, 3.05) is 0 Å². The van der Waals surface area contributed by atoms with Crippen molar-refractivity contribution >= 4 is 10.8 Å². The molecule has 34 heavy (non-hydrogen) atoms. The highest BCUT2D eigenvalue weighted by atomic mass is 15.4. The molecule has 0 amide bonds. The van der Waals surface area contributed by atoms with Gasteiger partial charge in [-0.2, -0.15) is 0 Å². The van der Waals surface area contributed by atoms with E-state index in [0.717, 1.165) is 17.8 Å². The third kappa shape index (κ3) is 2.94. The van der Waals surface area contributed by atoms with Gasteiger partial charge in [0.25, 0.3) is 0 Å². The number of hydrogen-bond acceptors (Lipinski definition) is 2. The van der Waals surface area contributed by atoms with E-state index >= 15 is 0 Å². The highest BCUT2D eigenvalue weighted by molar-refractivity contribution is 5.83. The zero-order valence-electron chi connectivity index (χ0n) is 20.7. The molecule has 3 heteroatoms. The number of hydrogen-bond donors (Lipinski definition) is 0. The molecule has 2 aromatic carbocycles. The van der Waals surface area contributed by atoms with E-state index in [1.165, 1.54) is 62.1 Å². The molecule has 0 aliphatic heterocycles. The maximum Gasteiger partial charge on any atom is 0.0693 e. The van der Waals surface area contributed by atoms with Crippen LogP contribution in [-0.4, -0.2) is 15.0 Å². The van der Waals surface area contributed by atoms with Crippen molar-refractivity contribution in [3.8, 4) is 0 Å². The Morgan fingerprint density at radius 3 is 2.65 bits per heavy atom. The smallest absolute Gasteiger partial charge is 0.0693 e. The van der Waals surface area contributed by atoms with E-state index in [4.69, 9.17) is 0 Å². The summed E-state index contributed by atoms with van der Waals surface area (Å²) < 4.78 is 2.11. The summed E-state index contributed by atoms with van der Waals surface area (Å²) in [5.41, 5.74) is 4.16. The van der Waals surface area contributed by atoms with Gasteiger partial charge in [-0.1, -0.05) is 73.2 Å². The van der Waals surface area contributed by atoms with Crippen LogP contribution in [0.4, 0.5) is 0 Å². The quantitative estimate of drug-likeness (QED) is 0.373. The van der Waals surface area contributed by atoms with Gasteiger partial charge in [-0.25, -0.2) is 4.68 Å². The first kappa shape index (κ1) is 20.9. The van der Waals surface area contributed by atoms with Crippen LogP contribution in [0.5, 0.6) is 0 Å². The van der Waals surface area contributed by atoms with Crippen LogP contribution in [0.25, 0.3) is 10.8 Å². The predicted molar refractivity (Wildman–Crippen MR) is 137 cm³/mol. The molecule has 0 spiro atoms. The van der Waals surface area contributed by atoms with Crippen molar-refractivity contribution in [1.82, 2.24) is 15.0 Å². The molecule has 4 aliphatic carbocycles. The molecule has 0 N–H and O–H groups in total. The zero-order valence-corrected chi connectivity index (χ0v) is 20.7. The Balaban J connectivity index is 1.18. The minimum atomic E-state index is 0.391. The minimum absolute atomic E-state index is 0.391. The van der Waals surface area contributed by atoms with Crippen LogP contribution in [0.1, 0.15) is 82.7 Å². The molecule has 3 saturated carbocycles. The van der Waals surface area contributed by atoms with Crippen molar-refractivity contribution in [3.05, 3.63) is 72.1 Å². The molecular weight excluding hydrogens is 414 g/mol. The van der Waals surface area contributed by atoms with E-state index in [-0.39, 0.29) is 0 Å². The molecule has 3 aromatic rings. The van der Waals surface area contributed by atoms with Gasteiger partial charge in [0.15, 0.2) is 0 Å². The van der Waals surface area contributed by atoms with Gasteiger partial charge in [-0.3, -0.25) is 0 Å². The summed E-state index contributed by atoms with van der Waals surface area (Å²) >= 11 is 0. The fourth-order valence-electron chi connectivity index (χ4n) is 9.25. The third-order valence-electron chi connectivity index (χ3n) is 11.1. The van der Waals surface area contributed by atoms with Crippen LogP contribution in [0.3, 0.4) is 0 Å². The van der Waals surface area contributed by atoms with Crippen LogP contribution in [0.15, 0.2) is 66.5 Å². The van der Waals surface area contributed by atoms with E-state index < -0.39 is 0 Å². The molecule has 0 radical (unpaired) electrons. The van der Waals surface area contributed by atoms with Crippen molar-refractivity contribution in [3.63, 3.8) is 0 Å². The lowest BCUT2D eigenvalue weighted by molar-refractivity contribution is -0.0342. The number of allylic oxidation sites excluding steroid dienone is 2. The molecule has 7 atom stereocenters. The maximum absolute atomic E-state index is 4.33. The van der Waals surface area contributed by atoms with Gasteiger partial charge in [0.05, 0.1) is 12.2 Å². The summed E-state index contributed by atoms with van der Waals surface area (Å²) in [6, 6.07) is 16.7. The van der Waals surface area contributed by atoms with Crippen LogP contribution in [0.2, 0.25) is 0 Å². The van der Waals surface area contributed by atoms with E-state index in [2.05, 4.69) is 83.6 Å². The topological polar surface area (TPSA) is 30.7 Å². The number of nitrogens with zero attached hydrogens (tertiary/aromatic N) is 3. The molecule has 0 bridgehead atoms. The molecule has 0 unspecified atom stereocenters. The molecule has 3 fully saturated rings. The predicted octanol–water partition coefficient (Wildman–Crippen LogP) is 7.72. The Bertz CT molecular complexity index is 1240. The summed E-state index contributed by atoms with van der Waals surface area (Å²) in [5, 5.41) is 11.2. The second-order valence-electron chi connectivity index (χ2n) is 12.3. The van der Waals surface area contributed by atoms with E-state index in [1.807, 2.05) is 6.20 Å². The number of aromatic nitrogens is 3. The molecule has 0 saturated heterocycles. The van der Waals surface area contributed by atoms with Crippen molar-refractivity contribution in [2.24, 2.45) is 28.6 Å². The summed E-state index contributed by atoms with van der Waals surface area (Å²) in [6.45, 7) is 5.27. The Hall–Kier alpha value is -2.42. The molecule has 1 aromatic heterocycles. The zero-order chi connectivity index (χ0) is 22.9. The summed E-state index contributed by atoms with van der Waals surface area (Å²) in [7, 11) is 0. The van der Waals surface area contributed by atoms with Crippen LogP contribution >= 0.6 is 0 Å². The summed E-state index contributed by atoms with van der Waals surface area (Å²) in [5.74, 6) is 3.30. The van der Waals surface area contributed by atoms with Gasteiger partial charge in [0.1, 0.15) is 0 Å². The lowest BCUT2D eigenvalue weighted by Gasteiger charge is -2.58. The fraction of sp³-hybridized carbons (Fsp3) is 0.548. The van der Waals surface area contributed by atoms with Gasteiger partial charge in [-0.05, 0) is 102 Å². The molecule has 7 rings (SSSR count). The first-order chi connectivity index (χ1) is 16.6. The van der Waals surface area contributed by atoms with Gasteiger partial charge in [-0.15, -0.1) is 5.10 Å². The first-order valence-electron chi connectivity index (χ1n) is 13.6. The highest BCUT2D eigenvalue weighted by Gasteiger charge is 2.58. The summed E-state index contributed by atoms with van der Waals surface area (Å²) in [4.78, 5) is 0. The lowest BCUT2D eigenvalue weighted by Crippen LogP contribution is -2.49. The minimum Gasteiger partial charge on any atom is -0.249 e. The standard InChI is InChI=1S/C31H37N3/c1-30-15-13-25(34-18-17-32-33-34)20-24(30)9-10-26-28-12-11-27(31(28,2)16-14-29(26)30)23-8-7-21-5-3-4-6-22(21)19-23/h3-9,17-19,25-29H,10-16,20H2,1-2H3/t25-,26-,27+,28-,29-,30-,31+/m0/s1. The molecule has 3 nitrogen and oxygen atoms in total. The lowest BCUT2D eigenvalue weighted by atomic mass is 9.47. The van der Waals surface area contributed by atoms with Gasteiger partial charge in [0, 0.05) is 6.20 Å². The van der Waals surface area contributed by atoms with Crippen molar-refractivity contribution < 1.29 is 0 Å². The Kier molecular flexibility index (Phi) is 4.64. The fourth-order valence-corrected chi connectivity index (χ4v) is 9.25. The van der Waals surface area contributed by atoms with Gasteiger partial charge < -0.3 is 0 Å². The Labute approximate surface area is 203 Å². The third-order valence-corrected chi connectivity index (χ3v) is 11.1. The normalized spacial score (nSPS) is 39.2. The Morgan fingerprint density at radius 2 is 1.79 bits per heavy atom. The van der Waals surface area contributed by atoms with E-state index in [9.17, 15) is 0 Å². The molecule has 176 valence electrons. The largest absolute Gasteiger partial charge is 0.249 e. The number of fused-ring (bicyclic) bond motifs is 6. The Morgan fingerprint density at radius 1 is 0.912 bits per heavy atom. The van der Waals surface area contributed by atoms with Crippen molar-refractivity contribution in [1.29, 1.82) is 0 Å². The highest BCUT2D eigenvalue weighted by Crippen LogP contribution is 2.68. The number of rotatable bonds is 2. The molecule has 1 heterocycles. The van der Waals surface area contributed by atoms with Crippen LogP contribution in [0, 0.1) is 28.6 Å². The molecule has 4 aliphatic rings. The van der Waals surface area contributed by atoms with Crippen molar-refractivity contribution in [2.45, 2.75) is 77.2 Å². The van der Waals surface area contributed by atoms with E-state index in [0.29, 0.717) is 22.8 Å². The van der Waals surface area contributed by atoms with Crippen LogP contribution < -0.4 is 0 Å². The average molecular weight is 452 g/mol. The van der Waals surface area contributed by atoms with E-state index in [1.54, 1.807) is 11.1 Å². The maximum atomic E-state index is 4.33. The number of benzene rings is 2. The second-order valence-corrected chi connectivity index (χ2v) is 12.3. The van der Waals surface area contributed by atoms with Crippen LogP contribution in [-0.2, 0) is 0 Å². The average Bonchev–Trinajstić information content (AvgIpc) is 3.51. The monoisotopic (exact) mass is 451 g/mol. The SMILES string of the molecule is C[C@]12CC[C@H]3[C@@H](CC=C4C[C@@H](n5ccnn5)CC[C@@]43C)[C@@H]1CC[C@@H]2c1ccc2ccccc2c1. The second kappa shape index (κ2) is 7.54. The first-order valence-corrected chi connectivity index (χ1v) is 13.6. The van der Waals surface area contributed by atoms with Gasteiger partial charge in [0.2, 0.25) is 0 Å². The summed E-state index contributed by atoms with van der Waals surface area (Å²) in [6.07, 6.45) is 17.2. The van der Waals surface area contributed by atoms with Gasteiger partial charge >= 0.3 is 0 Å². The molecular formula is C31H37N3.